The third kappa shape index (κ3) is 2.99. The van der Waals surface area contributed by atoms with E-state index in [9.17, 15) is 4.79 Å². The smallest absolute Gasteiger partial charge is 0.253 e. The summed E-state index contributed by atoms with van der Waals surface area (Å²) in [6.07, 6.45) is 6.17. The lowest BCUT2D eigenvalue weighted by molar-refractivity contribution is 0.0861. The SMILES string of the molecule is Cn1nnc2c(C(=O)NCC3(Cc4ccccc4)CCC3)ccnc21. The van der Waals surface area contributed by atoms with Gasteiger partial charge in [0.15, 0.2) is 5.65 Å². The van der Waals surface area contributed by atoms with E-state index >= 15 is 0 Å². The van der Waals surface area contributed by atoms with Gasteiger partial charge in [-0.15, -0.1) is 5.10 Å². The number of nitrogens with zero attached hydrogens (tertiary/aromatic N) is 4. The Morgan fingerprint density at radius 2 is 2.04 bits per heavy atom. The van der Waals surface area contributed by atoms with Gasteiger partial charge >= 0.3 is 0 Å². The molecule has 0 aliphatic heterocycles. The van der Waals surface area contributed by atoms with Crippen molar-refractivity contribution >= 4 is 17.1 Å². The topological polar surface area (TPSA) is 72.7 Å². The van der Waals surface area contributed by atoms with Crippen LogP contribution in [0.1, 0.15) is 35.2 Å². The van der Waals surface area contributed by atoms with Gasteiger partial charge in [0.2, 0.25) is 0 Å². The first-order chi connectivity index (χ1) is 12.2. The molecule has 0 radical (unpaired) electrons. The Bertz CT molecular complexity index is 899. The van der Waals surface area contributed by atoms with Gasteiger partial charge in [-0.2, -0.15) is 0 Å². The number of amides is 1. The average Bonchev–Trinajstić information content (AvgIpc) is 2.99. The molecule has 1 N–H and O–H groups in total. The van der Waals surface area contributed by atoms with Crippen molar-refractivity contribution in [2.24, 2.45) is 12.5 Å². The summed E-state index contributed by atoms with van der Waals surface area (Å²) in [4.78, 5) is 16.9. The molecule has 25 heavy (non-hydrogen) atoms. The molecule has 1 amide bonds. The van der Waals surface area contributed by atoms with Crippen LogP contribution in [0, 0.1) is 5.41 Å². The number of aryl methyl sites for hydroxylation is 1. The van der Waals surface area contributed by atoms with Gasteiger partial charge in [-0.3, -0.25) is 4.79 Å². The van der Waals surface area contributed by atoms with Crippen molar-refractivity contribution in [3.8, 4) is 0 Å². The second-order valence-corrected chi connectivity index (χ2v) is 6.94. The molecule has 0 bridgehead atoms. The minimum absolute atomic E-state index is 0.104. The van der Waals surface area contributed by atoms with Crippen LogP contribution in [0.3, 0.4) is 0 Å². The lowest BCUT2D eigenvalue weighted by atomic mass is 9.65. The number of carbonyl (C=O) groups excluding carboxylic acids is 1. The molecule has 0 unspecified atom stereocenters. The van der Waals surface area contributed by atoms with Crippen LogP contribution in [0.25, 0.3) is 11.2 Å². The molecule has 0 saturated heterocycles. The number of hydrogen-bond acceptors (Lipinski definition) is 4. The lowest BCUT2D eigenvalue weighted by Crippen LogP contribution is -2.43. The summed E-state index contributed by atoms with van der Waals surface area (Å²) in [5, 5.41) is 11.1. The van der Waals surface area contributed by atoms with Crippen LogP contribution < -0.4 is 5.32 Å². The average molecular weight is 335 g/mol. The quantitative estimate of drug-likeness (QED) is 0.777. The maximum Gasteiger partial charge on any atom is 0.253 e. The Morgan fingerprint density at radius 1 is 1.24 bits per heavy atom. The number of fused-ring (bicyclic) bond motifs is 1. The predicted molar refractivity (Wildman–Crippen MR) is 95.1 cm³/mol. The van der Waals surface area contributed by atoms with Crippen molar-refractivity contribution < 1.29 is 4.79 Å². The highest BCUT2D eigenvalue weighted by molar-refractivity contribution is 6.03. The van der Waals surface area contributed by atoms with Gasteiger partial charge in [0.25, 0.3) is 5.91 Å². The third-order valence-electron chi connectivity index (χ3n) is 5.20. The summed E-state index contributed by atoms with van der Waals surface area (Å²) >= 11 is 0. The van der Waals surface area contributed by atoms with E-state index in [-0.39, 0.29) is 11.3 Å². The lowest BCUT2D eigenvalue weighted by Gasteiger charge is -2.42. The summed E-state index contributed by atoms with van der Waals surface area (Å²) in [6.45, 7) is 0.685. The summed E-state index contributed by atoms with van der Waals surface area (Å²) in [6, 6.07) is 12.2. The van der Waals surface area contributed by atoms with E-state index < -0.39 is 0 Å². The largest absolute Gasteiger partial charge is 0.351 e. The molecule has 1 saturated carbocycles. The predicted octanol–water partition coefficient (Wildman–Crippen LogP) is 2.51. The number of rotatable bonds is 5. The molecule has 3 aromatic rings. The number of carbonyl (C=O) groups is 1. The fraction of sp³-hybridized carbons (Fsp3) is 0.368. The first-order valence-corrected chi connectivity index (χ1v) is 8.63. The molecule has 1 aromatic carbocycles. The summed E-state index contributed by atoms with van der Waals surface area (Å²) < 4.78 is 1.58. The van der Waals surface area contributed by atoms with E-state index in [1.807, 2.05) is 6.07 Å². The van der Waals surface area contributed by atoms with Gasteiger partial charge in [-0.1, -0.05) is 42.0 Å². The number of hydrogen-bond donors (Lipinski definition) is 1. The molecule has 128 valence electrons. The maximum atomic E-state index is 12.7. The Labute approximate surface area is 146 Å². The molecule has 2 aromatic heterocycles. The highest BCUT2D eigenvalue weighted by atomic mass is 16.1. The molecular formula is C19H21N5O. The molecule has 0 spiro atoms. The Kier molecular flexibility index (Phi) is 3.95. The molecule has 4 rings (SSSR count). The number of pyridine rings is 1. The van der Waals surface area contributed by atoms with Gasteiger partial charge in [0.05, 0.1) is 5.56 Å². The van der Waals surface area contributed by atoms with Crippen molar-refractivity contribution in [1.82, 2.24) is 25.3 Å². The number of benzene rings is 1. The molecule has 6 heteroatoms. The van der Waals surface area contributed by atoms with Crippen molar-refractivity contribution in [3.63, 3.8) is 0 Å². The second kappa shape index (κ2) is 6.27. The van der Waals surface area contributed by atoms with Gasteiger partial charge in [0, 0.05) is 19.8 Å². The van der Waals surface area contributed by atoms with Crippen LogP contribution in [0.5, 0.6) is 0 Å². The highest BCUT2D eigenvalue weighted by Crippen LogP contribution is 2.43. The standard InChI is InChI=1S/C19H21N5O/c1-24-17-16(22-23-24)15(8-11-20-17)18(25)21-13-19(9-5-10-19)12-14-6-3-2-4-7-14/h2-4,6-8,11H,5,9-10,12-13H2,1H3,(H,21,25). The van der Waals surface area contributed by atoms with Gasteiger partial charge < -0.3 is 5.32 Å². The minimum atomic E-state index is -0.104. The van der Waals surface area contributed by atoms with Crippen molar-refractivity contribution in [2.45, 2.75) is 25.7 Å². The van der Waals surface area contributed by atoms with Crippen LogP contribution in [0.4, 0.5) is 0 Å². The highest BCUT2D eigenvalue weighted by Gasteiger charge is 2.37. The molecule has 1 aliphatic rings. The molecular weight excluding hydrogens is 314 g/mol. The molecule has 6 nitrogen and oxygen atoms in total. The minimum Gasteiger partial charge on any atom is -0.351 e. The second-order valence-electron chi connectivity index (χ2n) is 6.94. The van der Waals surface area contributed by atoms with Crippen molar-refractivity contribution in [2.75, 3.05) is 6.54 Å². The molecule has 1 fully saturated rings. The molecule has 2 heterocycles. The van der Waals surface area contributed by atoms with Crippen LogP contribution in [0.15, 0.2) is 42.6 Å². The summed E-state index contributed by atoms with van der Waals surface area (Å²) in [7, 11) is 1.77. The van der Waals surface area contributed by atoms with Crippen LogP contribution in [-0.4, -0.2) is 32.4 Å². The Hall–Kier alpha value is -2.76. The fourth-order valence-corrected chi connectivity index (χ4v) is 3.60. The zero-order chi connectivity index (χ0) is 17.3. The van der Waals surface area contributed by atoms with Crippen LogP contribution >= 0.6 is 0 Å². The van der Waals surface area contributed by atoms with E-state index in [1.54, 1.807) is 24.0 Å². The van der Waals surface area contributed by atoms with Crippen LogP contribution in [0.2, 0.25) is 0 Å². The number of nitrogens with one attached hydrogen (secondary N) is 1. The van der Waals surface area contributed by atoms with E-state index in [4.69, 9.17) is 0 Å². The number of aromatic nitrogens is 4. The summed E-state index contributed by atoms with van der Waals surface area (Å²) in [5.74, 6) is -0.104. The van der Waals surface area contributed by atoms with Crippen LogP contribution in [-0.2, 0) is 13.5 Å². The monoisotopic (exact) mass is 335 g/mol. The summed E-state index contributed by atoms with van der Waals surface area (Å²) in [5.41, 5.74) is 3.21. The Morgan fingerprint density at radius 3 is 2.76 bits per heavy atom. The van der Waals surface area contributed by atoms with Crippen molar-refractivity contribution in [3.05, 3.63) is 53.7 Å². The van der Waals surface area contributed by atoms with Crippen molar-refractivity contribution in [1.29, 1.82) is 0 Å². The van der Waals surface area contributed by atoms with E-state index in [0.29, 0.717) is 23.3 Å². The van der Waals surface area contributed by atoms with Gasteiger partial charge in [-0.25, -0.2) is 9.67 Å². The molecule has 1 aliphatic carbocycles. The van der Waals surface area contributed by atoms with Gasteiger partial charge in [0.1, 0.15) is 5.52 Å². The molecule has 0 atom stereocenters. The van der Waals surface area contributed by atoms with E-state index in [0.717, 1.165) is 19.3 Å². The Balaban J connectivity index is 1.49. The third-order valence-corrected chi connectivity index (χ3v) is 5.20. The maximum absolute atomic E-state index is 12.7. The first kappa shape index (κ1) is 15.7. The van der Waals surface area contributed by atoms with E-state index in [1.165, 1.54) is 12.0 Å². The van der Waals surface area contributed by atoms with Gasteiger partial charge in [-0.05, 0) is 36.3 Å². The normalized spacial score (nSPS) is 15.7. The zero-order valence-corrected chi connectivity index (χ0v) is 14.3. The van der Waals surface area contributed by atoms with E-state index in [2.05, 4.69) is 44.9 Å². The fourth-order valence-electron chi connectivity index (χ4n) is 3.60. The zero-order valence-electron chi connectivity index (χ0n) is 14.3. The first-order valence-electron chi connectivity index (χ1n) is 8.63.